The summed E-state index contributed by atoms with van der Waals surface area (Å²) in [5, 5.41) is 4.48. The van der Waals surface area contributed by atoms with Crippen LogP contribution in [0.25, 0.3) is 44.3 Å². The van der Waals surface area contributed by atoms with Crippen molar-refractivity contribution >= 4 is 45.3 Å². The number of carbonyl (C=O) groups is 1. The topological polar surface area (TPSA) is 119 Å². The lowest BCUT2D eigenvalue weighted by molar-refractivity contribution is 0.215. The lowest BCUT2D eigenvalue weighted by atomic mass is 9.97. The highest BCUT2D eigenvalue weighted by Crippen LogP contribution is 2.36. The first-order valence-corrected chi connectivity index (χ1v) is 12.5. The van der Waals surface area contributed by atoms with Crippen molar-refractivity contribution in [2.24, 2.45) is 0 Å². The van der Waals surface area contributed by atoms with Gasteiger partial charge in [-0.05, 0) is 42.0 Å². The lowest BCUT2D eigenvalue weighted by Gasteiger charge is -2.13. The van der Waals surface area contributed by atoms with Gasteiger partial charge in [0.2, 0.25) is 5.88 Å². The van der Waals surface area contributed by atoms with E-state index >= 15 is 0 Å². The van der Waals surface area contributed by atoms with Gasteiger partial charge in [-0.15, -0.1) is 0 Å². The van der Waals surface area contributed by atoms with Crippen molar-refractivity contribution < 1.29 is 14.3 Å². The number of nitrogens with zero attached hydrogens (tertiary/aromatic N) is 3. The fraction of sp³-hybridized carbons (Fsp3) is 0.0333. The number of ether oxygens (including phenoxy) is 2. The molecule has 2 aromatic carbocycles. The van der Waals surface area contributed by atoms with Gasteiger partial charge in [0.05, 0.1) is 29.5 Å². The monoisotopic (exact) mass is 549 g/mol. The van der Waals surface area contributed by atoms with Crippen molar-refractivity contribution in [3.63, 3.8) is 0 Å². The van der Waals surface area contributed by atoms with Crippen LogP contribution in [0.4, 0.5) is 10.5 Å². The molecule has 0 spiro atoms. The van der Waals surface area contributed by atoms with Crippen molar-refractivity contribution in [3.05, 3.63) is 107 Å². The molecule has 0 aliphatic heterocycles. The molecule has 0 aliphatic carbocycles. The highest BCUT2D eigenvalue weighted by atomic mass is 35.5. The van der Waals surface area contributed by atoms with Gasteiger partial charge in [0.25, 0.3) is 5.56 Å². The predicted molar refractivity (Wildman–Crippen MR) is 154 cm³/mol. The number of halogens is 1. The molecule has 4 aromatic heterocycles. The van der Waals surface area contributed by atoms with E-state index in [1.165, 1.54) is 19.4 Å². The average molecular weight is 550 g/mol. The first-order chi connectivity index (χ1) is 19.5. The van der Waals surface area contributed by atoms with Crippen molar-refractivity contribution in [3.8, 4) is 34.0 Å². The summed E-state index contributed by atoms with van der Waals surface area (Å²) in [5.74, 6) is 0.565. The van der Waals surface area contributed by atoms with Crippen LogP contribution in [-0.4, -0.2) is 33.1 Å². The molecular formula is C30H20ClN5O4. The Hall–Kier alpha value is -5.28. The Labute approximate surface area is 232 Å². The third-order valence-electron chi connectivity index (χ3n) is 6.21. The number of aromatic nitrogens is 4. The molecule has 2 N–H and O–H groups in total. The number of anilines is 1. The van der Waals surface area contributed by atoms with Crippen LogP contribution in [0.1, 0.15) is 0 Å². The predicted octanol–water partition coefficient (Wildman–Crippen LogP) is 6.47. The lowest BCUT2D eigenvalue weighted by Crippen LogP contribution is -2.22. The van der Waals surface area contributed by atoms with E-state index in [2.05, 4.69) is 20.3 Å². The summed E-state index contributed by atoms with van der Waals surface area (Å²) in [6.07, 6.45) is 2.19. The highest BCUT2D eigenvalue weighted by molar-refractivity contribution is 6.35. The quantitative estimate of drug-likeness (QED) is 0.253. The van der Waals surface area contributed by atoms with Crippen molar-refractivity contribution in [2.75, 3.05) is 12.4 Å². The third kappa shape index (κ3) is 4.93. The second-order valence-electron chi connectivity index (χ2n) is 8.78. The van der Waals surface area contributed by atoms with E-state index in [-0.39, 0.29) is 11.4 Å². The molecule has 0 unspecified atom stereocenters. The van der Waals surface area contributed by atoms with Gasteiger partial charge in [0.1, 0.15) is 11.3 Å². The van der Waals surface area contributed by atoms with Crippen LogP contribution < -0.4 is 20.3 Å². The zero-order chi connectivity index (χ0) is 27.6. The summed E-state index contributed by atoms with van der Waals surface area (Å²) < 4.78 is 10.3. The van der Waals surface area contributed by atoms with Crippen LogP contribution in [0.15, 0.2) is 96.1 Å². The van der Waals surface area contributed by atoms with Gasteiger partial charge >= 0.3 is 6.09 Å². The summed E-state index contributed by atoms with van der Waals surface area (Å²) in [7, 11) is 1.48. The molecule has 0 bridgehead atoms. The van der Waals surface area contributed by atoms with E-state index in [1.54, 1.807) is 18.3 Å². The number of methoxy groups -OCH3 is 1. The third-order valence-corrected chi connectivity index (χ3v) is 6.50. The summed E-state index contributed by atoms with van der Waals surface area (Å²) >= 11 is 6.61. The molecule has 4 heterocycles. The van der Waals surface area contributed by atoms with Crippen molar-refractivity contribution in [2.45, 2.75) is 0 Å². The molecule has 0 atom stereocenters. The Balaban J connectivity index is 1.43. The molecule has 10 heteroatoms. The Morgan fingerprint density at radius 2 is 1.77 bits per heavy atom. The number of carbonyl (C=O) groups excluding carboxylic acids is 1. The Kier molecular flexibility index (Phi) is 6.55. The van der Waals surface area contributed by atoms with Gasteiger partial charge in [-0.3, -0.25) is 15.1 Å². The number of pyridine rings is 4. The molecule has 6 aromatic rings. The first-order valence-electron chi connectivity index (χ1n) is 12.2. The molecule has 196 valence electrons. The molecule has 40 heavy (non-hydrogen) atoms. The van der Waals surface area contributed by atoms with E-state index in [1.807, 2.05) is 60.7 Å². The van der Waals surface area contributed by atoms with Crippen LogP contribution in [-0.2, 0) is 0 Å². The molecule has 0 aliphatic rings. The minimum Gasteiger partial charge on any atom is -0.481 e. The normalized spacial score (nSPS) is 10.9. The number of hydrogen-bond acceptors (Lipinski definition) is 7. The van der Waals surface area contributed by atoms with Gasteiger partial charge in [0.15, 0.2) is 5.75 Å². The van der Waals surface area contributed by atoms with E-state index < -0.39 is 11.7 Å². The Bertz CT molecular complexity index is 1940. The molecule has 0 radical (unpaired) electrons. The van der Waals surface area contributed by atoms with Gasteiger partial charge in [0, 0.05) is 34.2 Å². The van der Waals surface area contributed by atoms with Crippen LogP contribution >= 0.6 is 11.6 Å². The van der Waals surface area contributed by atoms with E-state index in [0.717, 1.165) is 22.1 Å². The number of H-pyrrole nitrogens is 1. The number of benzene rings is 2. The molecule has 9 nitrogen and oxygen atoms in total. The first kappa shape index (κ1) is 25.0. The van der Waals surface area contributed by atoms with Crippen LogP contribution in [0, 0.1) is 0 Å². The summed E-state index contributed by atoms with van der Waals surface area (Å²) in [6.45, 7) is 0. The smallest absolute Gasteiger partial charge is 0.417 e. The van der Waals surface area contributed by atoms with E-state index in [9.17, 15) is 9.59 Å². The molecule has 0 fully saturated rings. The van der Waals surface area contributed by atoms with Crippen molar-refractivity contribution in [1.82, 2.24) is 19.9 Å². The minimum atomic E-state index is -0.847. The van der Waals surface area contributed by atoms with E-state index in [4.69, 9.17) is 26.1 Å². The molecule has 0 saturated heterocycles. The van der Waals surface area contributed by atoms with Gasteiger partial charge in [-0.2, -0.15) is 0 Å². The number of fused-ring (bicyclic) bond motifs is 2. The number of hydrogen-bond donors (Lipinski definition) is 2. The van der Waals surface area contributed by atoms with Crippen LogP contribution in [0.2, 0.25) is 5.02 Å². The fourth-order valence-electron chi connectivity index (χ4n) is 4.36. The number of amides is 1. The maximum atomic E-state index is 12.9. The maximum Gasteiger partial charge on any atom is 0.417 e. The van der Waals surface area contributed by atoms with Gasteiger partial charge < -0.3 is 14.5 Å². The highest BCUT2D eigenvalue weighted by Gasteiger charge is 2.16. The Morgan fingerprint density at radius 3 is 2.55 bits per heavy atom. The standard InChI is InChI=1S/C30H20ClN5O4/c1-39-25-10-9-21(16-33-25)40-30(38)34-24-15-20-13-22(19-12-18-8-5-11-32-27(18)23(31)14-19)26(17-6-3-2-4-7-17)35-28(20)36-29(24)37/h2-16H,1H3,(H,34,38)(H,35,36,37). The fourth-order valence-corrected chi connectivity index (χ4v) is 4.63. The minimum absolute atomic E-state index is 0.0000687. The van der Waals surface area contributed by atoms with Crippen molar-refractivity contribution in [1.29, 1.82) is 0 Å². The summed E-state index contributed by atoms with van der Waals surface area (Å²) in [4.78, 5) is 41.4. The SMILES string of the molecule is COc1ccc(OC(=O)Nc2cc3cc(-c4cc(Cl)c5ncccc5c4)c(-c4ccccc4)nc3[nH]c2=O)cn1. The van der Waals surface area contributed by atoms with Crippen LogP contribution in [0.5, 0.6) is 11.6 Å². The molecular weight excluding hydrogens is 530 g/mol. The second kappa shape index (κ2) is 10.5. The molecule has 1 amide bonds. The van der Waals surface area contributed by atoms with E-state index in [0.29, 0.717) is 33.1 Å². The van der Waals surface area contributed by atoms with Gasteiger partial charge in [-0.25, -0.2) is 14.8 Å². The molecule has 0 saturated carbocycles. The second-order valence-corrected chi connectivity index (χ2v) is 9.19. The zero-order valence-corrected chi connectivity index (χ0v) is 21.8. The summed E-state index contributed by atoms with van der Waals surface area (Å²) in [6, 6.07) is 23.8. The number of nitrogens with one attached hydrogen (secondary N) is 2. The summed E-state index contributed by atoms with van der Waals surface area (Å²) in [5.41, 5.74) is 3.67. The van der Waals surface area contributed by atoms with Crippen LogP contribution in [0.3, 0.4) is 0 Å². The number of rotatable bonds is 5. The zero-order valence-electron chi connectivity index (χ0n) is 21.0. The Morgan fingerprint density at radius 1 is 0.925 bits per heavy atom. The maximum absolute atomic E-state index is 12.9. The number of aromatic amines is 1. The van der Waals surface area contributed by atoms with Gasteiger partial charge in [-0.1, -0.05) is 48.0 Å². The largest absolute Gasteiger partial charge is 0.481 e. The average Bonchev–Trinajstić information content (AvgIpc) is 2.98. The molecule has 6 rings (SSSR count).